The molecule has 1 aromatic carbocycles. The van der Waals surface area contributed by atoms with Gasteiger partial charge in [-0.25, -0.2) is 0 Å². The van der Waals surface area contributed by atoms with Crippen molar-refractivity contribution in [3.8, 4) is 0 Å². The van der Waals surface area contributed by atoms with Crippen LogP contribution in [0.5, 0.6) is 0 Å². The number of halogens is 2. The second-order valence-corrected chi connectivity index (χ2v) is 6.58. The molecule has 0 aliphatic heterocycles. The molecule has 1 saturated carbocycles. The van der Waals surface area contributed by atoms with Gasteiger partial charge in [-0.05, 0) is 48.9 Å². The van der Waals surface area contributed by atoms with Crippen molar-refractivity contribution >= 4 is 23.2 Å². The fraction of sp³-hybridized carbons (Fsp3) is 0.625. The van der Waals surface area contributed by atoms with Crippen LogP contribution in [0.15, 0.2) is 18.2 Å². The third kappa shape index (κ3) is 4.11. The van der Waals surface area contributed by atoms with E-state index in [0.717, 1.165) is 19.5 Å². The predicted octanol–water partition coefficient (Wildman–Crippen LogP) is 5.10. The Morgan fingerprint density at radius 1 is 1.11 bits per heavy atom. The zero-order chi connectivity index (χ0) is 13.7. The van der Waals surface area contributed by atoms with E-state index in [1.54, 1.807) is 0 Å². The summed E-state index contributed by atoms with van der Waals surface area (Å²) in [6.07, 6.45) is 7.84. The van der Waals surface area contributed by atoms with Crippen molar-refractivity contribution < 1.29 is 0 Å². The van der Waals surface area contributed by atoms with E-state index in [4.69, 9.17) is 23.2 Å². The molecule has 0 heterocycles. The smallest absolute Gasteiger partial charge is 0.0595 e. The van der Waals surface area contributed by atoms with Crippen molar-refractivity contribution in [1.82, 2.24) is 5.32 Å². The van der Waals surface area contributed by atoms with Gasteiger partial charge in [-0.15, -0.1) is 0 Å². The van der Waals surface area contributed by atoms with Crippen LogP contribution in [0.4, 0.5) is 0 Å². The van der Waals surface area contributed by atoms with E-state index in [1.807, 2.05) is 12.1 Å². The summed E-state index contributed by atoms with van der Waals surface area (Å²) in [4.78, 5) is 0. The van der Waals surface area contributed by atoms with Gasteiger partial charge in [0.15, 0.2) is 0 Å². The molecular weight excluding hydrogens is 277 g/mol. The lowest BCUT2D eigenvalue weighted by molar-refractivity contribution is 0.182. The summed E-state index contributed by atoms with van der Waals surface area (Å²) in [5.74, 6) is 0. The van der Waals surface area contributed by atoms with Gasteiger partial charge in [-0.2, -0.15) is 0 Å². The van der Waals surface area contributed by atoms with Crippen molar-refractivity contribution in [2.75, 3.05) is 13.1 Å². The highest BCUT2D eigenvalue weighted by atomic mass is 35.5. The molecule has 1 nitrogen and oxygen atoms in total. The molecule has 0 aromatic heterocycles. The van der Waals surface area contributed by atoms with Crippen LogP contribution in [-0.4, -0.2) is 13.1 Å². The second kappa shape index (κ2) is 6.97. The van der Waals surface area contributed by atoms with Gasteiger partial charge in [0.2, 0.25) is 0 Å². The van der Waals surface area contributed by atoms with Crippen LogP contribution < -0.4 is 5.32 Å². The lowest BCUT2D eigenvalue weighted by Gasteiger charge is -2.38. The molecule has 2 rings (SSSR count). The van der Waals surface area contributed by atoms with E-state index in [2.05, 4.69) is 18.3 Å². The maximum atomic E-state index is 6.13. The van der Waals surface area contributed by atoms with Gasteiger partial charge in [-0.3, -0.25) is 0 Å². The summed E-state index contributed by atoms with van der Waals surface area (Å²) in [5.41, 5.74) is 1.72. The van der Waals surface area contributed by atoms with Gasteiger partial charge < -0.3 is 5.32 Å². The first kappa shape index (κ1) is 15.2. The van der Waals surface area contributed by atoms with E-state index in [-0.39, 0.29) is 0 Å². The Morgan fingerprint density at radius 2 is 1.84 bits per heavy atom. The minimum atomic E-state index is 0.408. The van der Waals surface area contributed by atoms with E-state index in [1.165, 1.54) is 37.7 Å². The normalized spacial score (nSPS) is 18.5. The fourth-order valence-electron chi connectivity index (χ4n) is 3.19. The molecule has 0 bridgehead atoms. The summed E-state index contributed by atoms with van der Waals surface area (Å²) in [6.45, 7) is 4.34. The molecule has 1 aliphatic carbocycles. The molecule has 0 saturated heterocycles. The largest absolute Gasteiger partial charge is 0.316 e. The van der Waals surface area contributed by atoms with Crippen molar-refractivity contribution in [2.24, 2.45) is 5.41 Å². The lowest BCUT2D eigenvalue weighted by atomic mass is 9.70. The Bertz CT molecular complexity index is 411. The van der Waals surface area contributed by atoms with Crippen LogP contribution in [0.1, 0.15) is 44.6 Å². The Kier molecular flexibility index (Phi) is 5.56. The number of hydrogen-bond donors (Lipinski definition) is 1. The Hall–Kier alpha value is -0.240. The van der Waals surface area contributed by atoms with Crippen molar-refractivity contribution in [3.05, 3.63) is 33.8 Å². The van der Waals surface area contributed by atoms with Gasteiger partial charge in [0.05, 0.1) is 10.0 Å². The number of nitrogens with one attached hydrogen (secondary N) is 1. The molecular formula is C16H23Cl2N. The molecule has 1 N–H and O–H groups in total. The molecule has 0 spiro atoms. The Morgan fingerprint density at radius 3 is 2.47 bits per heavy atom. The van der Waals surface area contributed by atoms with Crippen molar-refractivity contribution in [3.63, 3.8) is 0 Å². The summed E-state index contributed by atoms with van der Waals surface area (Å²) in [7, 11) is 0. The van der Waals surface area contributed by atoms with E-state index >= 15 is 0 Å². The van der Waals surface area contributed by atoms with Crippen LogP contribution >= 0.6 is 23.2 Å². The zero-order valence-electron chi connectivity index (χ0n) is 11.6. The highest BCUT2D eigenvalue weighted by Crippen LogP contribution is 2.39. The van der Waals surface area contributed by atoms with Crippen molar-refractivity contribution in [1.29, 1.82) is 0 Å². The van der Waals surface area contributed by atoms with E-state index in [9.17, 15) is 0 Å². The molecule has 0 amide bonds. The first-order valence-electron chi connectivity index (χ1n) is 7.30. The predicted molar refractivity (Wildman–Crippen MR) is 84.2 cm³/mol. The third-order valence-electron chi connectivity index (χ3n) is 4.23. The monoisotopic (exact) mass is 299 g/mol. The highest BCUT2D eigenvalue weighted by molar-refractivity contribution is 6.42. The average molecular weight is 300 g/mol. The van der Waals surface area contributed by atoms with Gasteiger partial charge in [-0.1, -0.05) is 55.5 Å². The van der Waals surface area contributed by atoms with Gasteiger partial charge >= 0.3 is 0 Å². The average Bonchev–Trinajstić information content (AvgIpc) is 2.42. The molecule has 1 aliphatic rings. The highest BCUT2D eigenvalue weighted by Gasteiger charge is 2.31. The van der Waals surface area contributed by atoms with E-state index in [0.29, 0.717) is 15.5 Å². The van der Waals surface area contributed by atoms with E-state index < -0.39 is 0 Å². The SMILES string of the molecule is CCNCC1(Cc2ccc(Cl)c(Cl)c2)CCCCC1. The summed E-state index contributed by atoms with van der Waals surface area (Å²) in [6, 6.07) is 6.08. The van der Waals surface area contributed by atoms with Crippen LogP contribution in [0.2, 0.25) is 10.0 Å². The Balaban J connectivity index is 2.12. The lowest BCUT2D eigenvalue weighted by Crippen LogP contribution is -2.37. The maximum absolute atomic E-state index is 6.13. The van der Waals surface area contributed by atoms with Crippen LogP contribution in [-0.2, 0) is 6.42 Å². The first-order chi connectivity index (χ1) is 9.15. The third-order valence-corrected chi connectivity index (χ3v) is 4.97. The van der Waals surface area contributed by atoms with Crippen LogP contribution in [0, 0.1) is 5.41 Å². The molecule has 3 heteroatoms. The zero-order valence-corrected chi connectivity index (χ0v) is 13.2. The second-order valence-electron chi connectivity index (χ2n) is 5.77. The molecule has 1 aromatic rings. The van der Waals surface area contributed by atoms with Gasteiger partial charge in [0, 0.05) is 6.54 Å². The number of rotatable bonds is 5. The topological polar surface area (TPSA) is 12.0 Å². The summed E-state index contributed by atoms with van der Waals surface area (Å²) < 4.78 is 0. The van der Waals surface area contributed by atoms with Gasteiger partial charge in [0.25, 0.3) is 0 Å². The molecule has 0 atom stereocenters. The minimum Gasteiger partial charge on any atom is -0.316 e. The Labute approximate surface area is 126 Å². The number of hydrogen-bond acceptors (Lipinski definition) is 1. The molecule has 1 fully saturated rings. The molecule has 0 unspecified atom stereocenters. The minimum absolute atomic E-state index is 0.408. The molecule has 0 radical (unpaired) electrons. The molecule has 19 heavy (non-hydrogen) atoms. The quantitative estimate of drug-likeness (QED) is 0.798. The fourth-order valence-corrected chi connectivity index (χ4v) is 3.51. The summed E-state index contributed by atoms with van der Waals surface area (Å²) >= 11 is 12.1. The van der Waals surface area contributed by atoms with Gasteiger partial charge in [0.1, 0.15) is 0 Å². The number of benzene rings is 1. The molecule has 106 valence electrons. The maximum Gasteiger partial charge on any atom is 0.0595 e. The summed E-state index contributed by atoms with van der Waals surface area (Å²) in [5, 5.41) is 4.87. The van der Waals surface area contributed by atoms with Crippen LogP contribution in [0.3, 0.4) is 0 Å². The standard InChI is InChI=1S/C16H23Cl2N/c1-2-19-12-16(8-4-3-5-9-16)11-13-6-7-14(17)15(18)10-13/h6-7,10,19H,2-5,8-9,11-12H2,1H3. The van der Waals surface area contributed by atoms with Crippen molar-refractivity contribution in [2.45, 2.75) is 45.4 Å². The first-order valence-corrected chi connectivity index (χ1v) is 8.05. The van der Waals surface area contributed by atoms with Crippen LogP contribution in [0.25, 0.3) is 0 Å².